The number of likely N-dealkylation sites (tertiary alicyclic amines) is 1. The number of para-hydroxylation sites is 2. The van der Waals surface area contributed by atoms with E-state index in [1.54, 1.807) is 0 Å². The molecule has 0 radical (unpaired) electrons. The largest absolute Gasteiger partial charge is 0.447 e. The molecule has 2 heterocycles. The highest BCUT2D eigenvalue weighted by molar-refractivity contribution is 7.55. The second kappa shape index (κ2) is 12.4. The van der Waals surface area contributed by atoms with Gasteiger partial charge in [0.15, 0.2) is 5.96 Å². The molecule has 5 N–H and O–H groups in total. The Bertz CT molecular complexity index is 918. The van der Waals surface area contributed by atoms with Crippen molar-refractivity contribution in [3.63, 3.8) is 0 Å². The van der Waals surface area contributed by atoms with Crippen LogP contribution in [0.5, 0.6) is 11.5 Å². The van der Waals surface area contributed by atoms with Gasteiger partial charge in [0.25, 0.3) is 0 Å². The number of hydrogen-bond acceptors (Lipinski definition) is 6. The zero-order valence-corrected chi connectivity index (χ0v) is 21.2. The number of hydrogen-bond donors (Lipinski definition) is 4. The van der Waals surface area contributed by atoms with Gasteiger partial charge in [0.1, 0.15) is 17.3 Å². The molecule has 0 spiro atoms. The van der Waals surface area contributed by atoms with Gasteiger partial charge in [-0.15, -0.1) is 0 Å². The molecule has 35 heavy (non-hydrogen) atoms. The van der Waals surface area contributed by atoms with E-state index >= 15 is 0 Å². The second-order valence-electron chi connectivity index (χ2n) is 9.44. The van der Waals surface area contributed by atoms with E-state index < -0.39 is 13.4 Å². The molecule has 0 aliphatic carbocycles. The van der Waals surface area contributed by atoms with Crippen molar-refractivity contribution < 1.29 is 13.6 Å². The standard InChI is InChI=1S/C26H38N5O3P/c27-26(28)31-19-14-22(15-20-31)25(30-18-13-21-11-16-29-17-12-21)35(32,33-23-7-3-1-4-8-23)34-24-9-5-2-6-10-24/h1-10,21-22,25,29-30H,11-20H2,(H3,27,28). The SMILES string of the molecule is N=C(N)N1CCC(C(NCCC2CCNCC2)P(=O)(Oc2ccccc2)Oc2ccccc2)CC1. The van der Waals surface area contributed by atoms with E-state index in [1.165, 1.54) is 12.8 Å². The van der Waals surface area contributed by atoms with Crippen LogP contribution in [-0.4, -0.2) is 49.4 Å². The Kier molecular flexibility index (Phi) is 9.07. The molecular weight excluding hydrogens is 461 g/mol. The van der Waals surface area contributed by atoms with Crippen LogP contribution >= 0.6 is 7.60 Å². The van der Waals surface area contributed by atoms with Crippen molar-refractivity contribution in [2.45, 2.75) is 37.9 Å². The molecule has 2 aromatic rings. The molecule has 1 atom stereocenters. The summed E-state index contributed by atoms with van der Waals surface area (Å²) in [4.78, 5) is 1.86. The zero-order valence-electron chi connectivity index (χ0n) is 20.3. The fraction of sp³-hybridized carbons (Fsp3) is 0.500. The Balaban J connectivity index is 1.57. The van der Waals surface area contributed by atoms with Crippen molar-refractivity contribution in [2.24, 2.45) is 17.6 Å². The Morgan fingerprint density at radius 2 is 1.54 bits per heavy atom. The summed E-state index contributed by atoms with van der Waals surface area (Å²) in [6, 6.07) is 18.5. The van der Waals surface area contributed by atoms with E-state index in [9.17, 15) is 4.57 Å². The quantitative estimate of drug-likeness (QED) is 0.220. The molecule has 0 aromatic heterocycles. The van der Waals surface area contributed by atoms with Gasteiger partial charge in [0.2, 0.25) is 0 Å². The first kappa shape index (κ1) is 25.5. The van der Waals surface area contributed by atoms with E-state index in [-0.39, 0.29) is 11.9 Å². The van der Waals surface area contributed by atoms with Gasteiger partial charge in [0.05, 0.1) is 0 Å². The summed E-state index contributed by atoms with van der Waals surface area (Å²) < 4.78 is 27.1. The van der Waals surface area contributed by atoms with Gasteiger partial charge in [-0.25, -0.2) is 4.57 Å². The van der Waals surface area contributed by atoms with Crippen LogP contribution in [0.1, 0.15) is 32.1 Å². The third kappa shape index (κ3) is 7.23. The van der Waals surface area contributed by atoms with Crippen LogP contribution in [-0.2, 0) is 4.57 Å². The van der Waals surface area contributed by atoms with Crippen molar-refractivity contribution in [1.29, 1.82) is 5.41 Å². The Morgan fingerprint density at radius 3 is 2.06 bits per heavy atom. The summed E-state index contributed by atoms with van der Waals surface area (Å²) in [5.41, 5.74) is 5.73. The molecule has 0 bridgehead atoms. The smallest absolute Gasteiger partial charge is 0.415 e. The summed E-state index contributed by atoms with van der Waals surface area (Å²) in [6.07, 6.45) is 4.88. The van der Waals surface area contributed by atoms with E-state index in [4.69, 9.17) is 20.2 Å². The third-order valence-electron chi connectivity index (χ3n) is 6.98. The molecule has 2 aliphatic heterocycles. The highest BCUT2D eigenvalue weighted by atomic mass is 31.2. The number of nitrogens with zero attached hydrogens (tertiary/aromatic N) is 1. The lowest BCUT2D eigenvalue weighted by atomic mass is 9.94. The highest BCUT2D eigenvalue weighted by Crippen LogP contribution is 2.55. The first-order chi connectivity index (χ1) is 17.0. The van der Waals surface area contributed by atoms with Crippen LogP contribution in [0.2, 0.25) is 0 Å². The molecule has 2 fully saturated rings. The summed E-state index contributed by atoms with van der Waals surface area (Å²) in [5, 5.41) is 14.8. The highest BCUT2D eigenvalue weighted by Gasteiger charge is 2.45. The lowest BCUT2D eigenvalue weighted by Gasteiger charge is -2.39. The minimum Gasteiger partial charge on any atom is -0.415 e. The Labute approximate surface area is 208 Å². The zero-order chi connectivity index (χ0) is 24.5. The molecule has 0 saturated carbocycles. The number of benzene rings is 2. The van der Waals surface area contributed by atoms with Crippen LogP contribution in [0.15, 0.2) is 60.7 Å². The predicted octanol–water partition coefficient (Wildman–Crippen LogP) is 4.25. The summed E-state index contributed by atoms with van der Waals surface area (Å²) >= 11 is 0. The Hall–Kier alpha value is -2.54. The third-order valence-corrected chi connectivity index (χ3v) is 9.20. The number of nitrogens with two attached hydrogens (primary N) is 1. The number of nitrogens with one attached hydrogen (secondary N) is 3. The van der Waals surface area contributed by atoms with Crippen molar-refractivity contribution in [1.82, 2.24) is 15.5 Å². The van der Waals surface area contributed by atoms with Gasteiger partial charge >= 0.3 is 7.60 Å². The number of piperidine rings is 2. The molecule has 1 unspecified atom stereocenters. The van der Waals surface area contributed by atoms with E-state index in [1.807, 2.05) is 65.6 Å². The topological polar surface area (TPSA) is 113 Å². The van der Waals surface area contributed by atoms with E-state index in [2.05, 4.69) is 10.6 Å². The second-order valence-corrected chi connectivity index (χ2v) is 11.4. The monoisotopic (exact) mass is 499 g/mol. The first-order valence-corrected chi connectivity index (χ1v) is 14.3. The first-order valence-electron chi connectivity index (χ1n) is 12.7. The van der Waals surface area contributed by atoms with Crippen molar-refractivity contribution >= 4 is 13.6 Å². The summed E-state index contributed by atoms with van der Waals surface area (Å²) in [5.74, 6) is 1.39. The van der Waals surface area contributed by atoms with Crippen molar-refractivity contribution in [3.05, 3.63) is 60.7 Å². The fourth-order valence-electron chi connectivity index (χ4n) is 4.99. The van der Waals surface area contributed by atoms with E-state index in [0.29, 0.717) is 30.5 Å². The molecule has 4 rings (SSSR count). The van der Waals surface area contributed by atoms with E-state index in [0.717, 1.165) is 38.9 Å². The number of guanidine groups is 1. The molecular formula is C26H38N5O3P. The lowest BCUT2D eigenvalue weighted by Crippen LogP contribution is -2.48. The van der Waals surface area contributed by atoms with Gasteiger partial charge in [-0.2, -0.15) is 0 Å². The maximum absolute atomic E-state index is 14.7. The van der Waals surface area contributed by atoms with Crippen molar-refractivity contribution in [3.8, 4) is 11.5 Å². The van der Waals surface area contributed by atoms with Gasteiger partial charge in [0, 0.05) is 13.1 Å². The average molecular weight is 500 g/mol. The van der Waals surface area contributed by atoms with Gasteiger partial charge in [-0.1, -0.05) is 36.4 Å². The van der Waals surface area contributed by atoms with Gasteiger partial charge < -0.3 is 30.3 Å². The van der Waals surface area contributed by atoms with Crippen LogP contribution in [0, 0.1) is 17.2 Å². The fourth-order valence-corrected chi connectivity index (χ4v) is 7.25. The molecule has 2 aromatic carbocycles. The van der Waals surface area contributed by atoms with Crippen LogP contribution in [0.4, 0.5) is 0 Å². The van der Waals surface area contributed by atoms with Crippen LogP contribution in [0.3, 0.4) is 0 Å². The summed E-state index contributed by atoms with van der Waals surface area (Å²) in [6.45, 7) is 4.18. The van der Waals surface area contributed by atoms with Gasteiger partial charge in [-0.05, 0) is 87.8 Å². The maximum Gasteiger partial charge on any atom is 0.447 e. The predicted molar refractivity (Wildman–Crippen MR) is 140 cm³/mol. The average Bonchev–Trinajstić information content (AvgIpc) is 2.88. The molecule has 2 aliphatic rings. The Morgan fingerprint density at radius 1 is 1.00 bits per heavy atom. The molecule has 8 nitrogen and oxygen atoms in total. The van der Waals surface area contributed by atoms with Crippen LogP contribution in [0.25, 0.3) is 0 Å². The summed E-state index contributed by atoms with van der Waals surface area (Å²) in [7, 11) is -3.68. The molecule has 0 amide bonds. The van der Waals surface area contributed by atoms with Gasteiger partial charge in [-0.3, -0.25) is 5.41 Å². The van der Waals surface area contributed by atoms with Crippen LogP contribution < -0.4 is 25.4 Å². The molecule has 190 valence electrons. The normalized spacial score (nSPS) is 18.7. The van der Waals surface area contributed by atoms with Crippen molar-refractivity contribution in [2.75, 3.05) is 32.7 Å². The minimum absolute atomic E-state index is 0.0666. The molecule has 2 saturated heterocycles. The lowest BCUT2D eigenvalue weighted by molar-refractivity contribution is 0.223. The molecule has 9 heteroatoms. The maximum atomic E-state index is 14.7. The number of rotatable bonds is 10. The minimum atomic E-state index is -3.68.